The predicted octanol–water partition coefficient (Wildman–Crippen LogP) is 2.33. The summed E-state index contributed by atoms with van der Waals surface area (Å²) in [5.41, 5.74) is 1.49. The number of alkyl halides is 3. The first-order chi connectivity index (χ1) is 15.6. The number of carbonyl (C=O) groups excluding carboxylic acids is 1. The standard InChI is InChI=1S/C22H25F3N4O3S/c1-33(31,32)29-19-9-26-7-6-15(19)21(27-29)20-16(8-13-10-28(12-30)11-17(13)20)14-4-2-3-5-18(14)22(23,24)25/h2-5,12-13,16-17,20,26H,6-11H2,1H3/t13-,16-,17-,20?/m0/s1. The van der Waals surface area contributed by atoms with Gasteiger partial charge in [-0.3, -0.25) is 4.79 Å². The van der Waals surface area contributed by atoms with Gasteiger partial charge in [0.15, 0.2) is 0 Å². The van der Waals surface area contributed by atoms with E-state index in [4.69, 9.17) is 0 Å². The summed E-state index contributed by atoms with van der Waals surface area (Å²) in [5.74, 6) is -0.914. The van der Waals surface area contributed by atoms with Crippen LogP contribution in [0.4, 0.5) is 13.2 Å². The second-order valence-electron chi connectivity index (χ2n) is 9.28. The molecular formula is C22H25F3N4O3S. The lowest BCUT2D eigenvalue weighted by molar-refractivity contribution is -0.138. The highest BCUT2D eigenvalue weighted by Crippen LogP contribution is 2.57. The number of nitrogens with one attached hydrogen (secondary N) is 1. The molecule has 1 amide bonds. The van der Waals surface area contributed by atoms with Crippen LogP contribution >= 0.6 is 0 Å². The van der Waals surface area contributed by atoms with Gasteiger partial charge >= 0.3 is 6.18 Å². The summed E-state index contributed by atoms with van der Waals surface area (Å²) in [5, 5.41) is 7.69. The summed E-state index contributed by atoms with van der Waals surface area (Å²) < 4.78 is 67.7. The van der Waals surface area contributed by atoms with Crippen LogP contribution in [0.5, 0.6) is 0 Å². The topological polar surface area (TPSA) is 84.3 Å². The third kappa shape index (κ3) is 3.74. The van der Waals surface area contributed by atoms with Gasteiger partial charge in [-0.25, -0.2) is 8.42 Å². The lowest BCUT2D eigenvalue weighted by Gasteiger charge is -2.28. The molecule has 2 fully saturated rings. The van der Waals surface area contributed by atoms with Gasteiger partial charge < -0.3 is 10.2 Å². The summed E-state index contributed by atoms with van der Waals surface area (Å²) in [4.78, 5) is 13.1. The molecule has 0 radical (unpaired) electrons. The molecule has 33 heavy (non-hydrogen) atoms. The number of hydrogen-bond acceptors (Lipinski definition) is 5. The van der Waals surface area contributed by atoms with Gasteiger partial charge in [0.1, 0.15) is 0 Å². The molecule has 1 saturated heterocycles. The number of carbonyl (C=O) groups is 1. The maximum atomic E-state index is 13.9. The van der Waals surface area contributed by atoms with Crippen molar-refractivity contribution in [3.63, 3.8) is 0 Å². The molecule has 2 aliphatic heterocycles. The molecule has 1 aliphatic carbocycles. The highest BCUT2D eigenvalue weighted by Gasteiger charge is 2.52. The molecule has 1 N–H and O–H groups in total. The van der Waals surface area contributed by atoms with Crippen molar-refractivity contribution in [3.05, 3.63) is 52.3 Å². The summed E-state index contributed by atoms with van der Waals surface area (Å²) in [7, 11) is -3.69. The molecule has 5 rings (SSSR count). The van der Waals surface area contributed by atoms with E-state index in [0.717, 1.165) is 28.4 Å². The quantitative estimate of drug-likeness (QED) is 0.677. The number of hydrogen-bond donors (Lipinski definition) is 1. The molecule has 7 nitrogen and oxygen atoms in total. The first kappa shape index (κ1) is 22.4. The van der Waals surface area contributed by atoms with E-state index in [1.54, 1.807) is 11.0 Å². The highest BCUT2D eigenvalue weighted by molar-refractivity contribution is 7.89. The highest BCUT2D eigenvalue weighted by atomic mass is 32.2. The molecule has 1 saturated carbocycles. The van der Waals surface area contributed by atoms with Crippen molar-refractivity contribution in [1.82, 2.24) is 19.4 Å². The Bertz CT molecular complexity index is 1190. The molecule has 3 aliphatic rings. The Morgan fingerprint density at radius 3 is 2.67 bits per heavy atom. The van der Waals surface area contributed by atoms with E-state index in [0.29, 0.717) is 50.4 Å². The number of rotatable bonds is 4. The molecular weight excluding hydrogens is 457 g/mol. The van der Waals surface area contributed by atoms with Gasteiger partial charge in [0.2, 0.25) is 6.41 Å². The SMILES string of the molecule is CS(=O)(=O)n1nc(C2[C@H]3CN(C=O)C[C@@H]3C[C@H]2c2ccccc2C(F)(F)F)c2c1CNCC2. The smallest absolute Gasteiger partial charge is 0.345 e. The maximum absolute atomic E-state index is 13.9. The van der Waals surface area contributed by atoms with Crippen molar-refractivity contribution in [3.8, 4) is 0 Å². The van der Waals surface area contributed by atoms with Crippen LogP contribution in [0.2, 0.25) is 0 Å². The zero-order valence-corrected chi connectivity index (χ0v) is 18.9. The molecule has 1 aromatic carbocycles. The fourth-order valence-corrected chi connectivity index (χ4v) is 6.94. The molecule has 2 aromatic rings. The van der Waals surface area contributed by atoms with Crippen LogP contribution in [0.3, 0.4) is 0 Å². The van der Waals surface area contributed by atoms with Crippen molar-refractivity contribution in [2.75, 3.05) is 25.9 Å². The fraction of sp³-hybridized carbons (Fsp3) is 0.545. The van der Waals surface area contributed by atoms with Gasteiger partial charge in [-0.1, -0.05) is 18.2 Å². The summed E-state index contributed by atoms with van der Waals surface area (Å²) in [6.07, 6.45) is -1.59. The van der Waals surface area contributed by atoms with Crippen LogP contribution in [0.25, 0.3) is 0 Å². The zero-order valence-electron chi connectivity index (χ0n) is 18.0. The van der Waals surface area contributed by atoms with Crippen LogP contribution in [0, 0.1) is 11.8 Å². The van der Waals surface area contributed by atoms with Gasteiger partial charge in [0.05, 0.1) is 23.2 Å². The minimum absolute atomic E-state index is 0.0345. The largest absolute Gasteiger partial charge is 0.416 e. The Hall–Kier alpha value is -2.40. The minimum atomic E-state index is -4.50. The van der Waals surface area contributed by atoms with Crippen LogP contribution in [0.15, 0.2) is 24.3 Å². The molecule has 1 unspecified atom stereocenters. The number of nitrogens with zero attached hydrogens (tertiary/aromatic N) is 3. The minimum Gasteiger partial charge on any atom is -0.345 e. The fourth-order valence-electron chi connectivity index (χ4n) is 6.13. The van der Waals surface area contributed by atoms with E-state index >= 15 is 0 Å². The second kappa shape index (κ2) is 7.83. The number of halogens is 3. The Kier molecular flexibility index (Phi) is 5.32. The zero-order chi connectivity index (χ0) is 23.5. The Morgan fingerprint density at radius 1 is 1.21 bits per heavy atom. The molecule has 0 bridgehead atoms. The molecule has 11 heteroatoms. The Balaban J connectivity index is 1.68. The van der Waals surface area contributed by atoms with Gasteiger partial charge in [-0.2, -0.15) is 22.4 Å². The van der Waals surface area contributed by atoms with Gasteiger partial charge in [-0.15, -0.1) is 0 Å². The van der Waals surface area contributed by atoms with E-state index in [2.05, 4.69) is 10.4 Å². The van der Waals surface area contributed by atoms with E-state index < -0.39 is 33.6 Å². The van der Waals surface area contributed by atoms with E-state index in [1.807, 2.05) is 0 Å². The van der Waals surface area contributed by atoms with Crippen molar-refractivity contribution in [2.24, 2.45) is 11.8 Å². The third-order valence-electron chi connectivity index (χ3n) is 7.35. The van der Waals surface area contributed by atoms with Crippen molar-refractivity contribution >= 4 is 16.4 Å². The average Bonchev–Trinajstić information content (AvgIpc) is 3.43. The van der Waals surface area contributed by atoms with Crippen molar-refractivity contribution in [1.29, 1.82) is 0 Å². The molecule has 0 spiro atoms. The molecule has 4 atom stereocenters. The van der Waals surface area contributed by atoms with E-state index in [-0.39, 0.29) is 17.4 Å². The first-order valence-corrected chi connectivity index (χ1v) is 12.8. The predicted molar refractivity (Wildman–Crippen MR) is 114 cm³/mol. The Morgan fingerprint density at radius 2 is 1.97 bits per heavy atom. The van der Waals surface area contributed by atoms with E-state index in [1.165, 1.54) is 12.1 Å². The lowest BCUT2D eigenvalue weighted by Crippen LogP contribution is -2.28. The monoisotopic (exact) mass is 482 g/mol. The van der Waals surface area contributed by atoms with Crippen molar-refractivity contribution in [2.45, 2.75) is 37.4 Å². The summed E-state index contributed by atoms with van der Waals surface area (Å²) in [6.45, 7) is 1.90. The van der Waals surface area contributed by atoms with Crippen LogP contribution in [0.1, 0.15) is 46.3 Å². The number of fused-ring (bicyclic) bond motifs is 2. The molecule has 3 heterocycles. The lowest BCUT2D eigenvalue weighted by atomic mass is 9.78. The summed E-state index contributed by atoms with van der Waals surface area (Å²) >= 11 is 0. The summed E-state index contributed by atoms with van der Waals surface area (Å²) in [6, 6.07) is 5.63. The second-order valence-corrected chi connectivity index (χ2v) is 11.1. The van der Waals surface area contributed by atoms with Crippen molar-refractivity contribution < 1.29 is 26.4 Å². The average molecular weight is 483 g/mol. The van der Waals surface area contributed by atoms with Crippen LogP contribution in [-0.4, -0.2) is 54.8 Å². The van der Waals surface area contributed by atoms with Crippen LogP contribution < -0.4 is 5.32 Å². The number of aromatic nitrogens is 2. The van der Waals surface area contributed by atoms with Gasteiger partial charge in [-0.05, 0) is 48.8 Å². The number of likely N-dealkylation sites (tertiary alicyclic amines) is 1. The van der Waals surface area contributed by atoms with E-state index in [9.17, 15) is 26.4 Å². The third-order valence-corrected chi connectivity index (χ3v) is 8.28. The number of benzene rings is 1. The molecule has 178 valence electrons. The maximum Gasteiger partial charge on any atom is 0.416 e. The Labute approximate surface area is 190 Å². The number of amides is 1. The van der Waals surface area contributed by atoms with Gasteiger partial charge in [0, 0.05) is 31.1 Å². The first-order valence-electron chi connectivity index (χ1n) is 11.0. The normalized spacial score (nSPS) is 27.5. The molecule has 1 aromatic heterocycles. The van der Waals surface area contributed by atoms with Crippen LogP contribution in [-0.2, 0) is 34.0 Å². The van der Waals surface area contributed by atoms with Gasteiger partial charge in [0.25, 0.3) is 10.0 Å².